The summed E-state index contributed by atoms with van der Waals surface area (Å²) in [7, 11) is 0. The van der Waals surface area contributed by atoms with E-state index in [4.69, 9.17) is 4.74 Å². The maximum Gasteiger partial charge on any atom is 0.311 e. The number of rotatable bonds is 3. The summed E-state index contributed by atoms with van der Waals surface area (Å²) in [6.45, 7) is 0. The van der Waals surface area contributed by atoms with Crippen LogP contribution in [0.4, 0.5) is 0 Å². The topological polar surface area (TPSA) is 26.3 Å². The monoisotopic (exact) mass is 282 g/mol. The standard InChI is InChI=1S/C7H7IO2S/c8-5-10-7(9)3-6-1-2-11-4-6/h1-2,4H,3,5H2. The Balaban J connectivity index is 2.37. The minimum absolute atomic E-state index is 0.155. The Morgan fingerprint density at radius 3 is 3.09 bits per heavy atom. The lowest BCUT2D eigenvalue weighted by molar-refractivity contribution is -0.140. The second-order valence-electron chi connectivity index (χ2n) is 1.93. The van der Waals surface area contributed by atoms with Crippen LogP contribution in [0.1, 0.15) is 5.56 Å². The van der Waals surface area contributed by atoms with Gasteiger partial charge in [0.25, 0.3) is 0 Å². The van der Waals surface area contributed by atoms with Gasteiger partial charge in [-0.15, -0.1) is 0 Å². The highest BCUT2D eigenvalue weighted by molar-refractivity contribution is 14.1. The highest BCUT2D eigenvalue weighted by Gasteiger charge is 2.02. The summed E-state index contributed by atoms with van der Waals surface area (Å²) in [5, 5.41) is 3.90. The molecule has 1 aromatic rings. The number of thiophene rings is 1. The summed E-state index contributed by atoms with van der Waals surface area (Å²) in [6, 6.07) is 1.93. The third-order valence-corrected chi connectivity index (χ3v) is 2.19. The smallest absolute Gasteiger partial charge is 0.311 e. The van der Waals surface area contributed by atoms with Gasteiger partial charge < -0.3 is 4.74 Å². The van der Waals surface area contributed by atoms with E-state index in [0.717, 1.165) is 5.56 Å². The molecule has 11 heavy (non-hydrogen) atoms. The van der Waals surface area contributed by atoms with E-state index in [1.807, 2.05) is 39.4 Å². The summed E-state index contributed by atoms with van der Waals surface area (Å²) in [5.74, 6) is -0.155. The molecule has 0 aromatic carbocycles. The second-order valence-corrected chi connectivity index (χ2v) is 3.34. The molecule has 1 heterocycles. The van der Waals surface area contributed by atoms with Crippen LogP contribution in [-0.2, 0) is 16.0 Å². The van der Waals surface area contributed by atoms with E-state index < -0.39 is 0 Å². The Morgan fingerprint density at radius 2 is 2.55 bits per heavy atom. The van der Waals surface area contributed by atoms with Crippen LogP contribution in [0, 0.1) is 0 Å². The number of ether oxygens (including phenoxy) is 1. The molecule has 0 atom stereocenters. The molecule has 1 rings (SSSR count). The normalized spacial score (nSPS) is 9.55. The van der Waals surface area contributed by atoms with Gasteiger partial charge in [-0.3, -0.25) is 4.79 Å². The van der Waals surface area contributed by atoms with E-state index in [9.17, 15) is 4.79 Å². The quantitative estimate of drug-likeness (QED) is 0.483. The molecule has 0 saturated carbocycles. The molecule has 0 spiro atoms. The Kier molecular flexibility index (Phi) is 3.85. The number of alkyl halides is 1. The Morgan fingerprint density at radius 1 is 1.73 bits per heavy atom. The minimum atomic E-state index is -0.155. The Labute approximate surface area is 82.7 Å². The molecule has 0 aliphatic carbocycles. The zero-order valence-electron chi connectivity index (χ0n) is 5.75. The van der Waals surface area contributed by atoms with Crippen LogP contribution in [0.3, 0.4) is 0 Å². The number of halogens is 1. The molecule has 0 aliphatic rings. The maximum atomic E-state index is 10.9. The van der Waals surface area contributed by atoms with E-state index in [1.54, 1.807) is 11.3 Å². The van der Waals surface area contributed by atoms with Gasteiger partial charge in [0, 0.05) is 0 Å². The summed E-state index contributed by atoms with van der Waals surface area (Å²) in [6.07, 6.45) is 0.395. The fourth-order valence-corrected chi connectivity index (χ4v) is 1.69. The summed E-state index contributed by atoms with van der Waals surface area (Å²) in [5.41, 5.74) is 1.03. The predicted octanol–water partition coefficient (Wildman–Crippen LogP) is 2.23. The van der Waals surface area contributed by atoms with E-state index >= 15 is 0 Å². The van der Waals surface area contributed by atoms with Crippen molar-refractivity contribution in [3.05, 3.63) is 22.4 Å². The molecule has 0 bridgehead atoms. The van der Waals surface area contributed by atoms with Gasteiger partial charge in [0.15, 0.2) is 0 Å². The fourth-order valence-electron chi connectivity index (χ4n) is 0.672. The molecule has 0 radical (unpaired) electrons. The van der Waals surface area contributed by atoms with Crippen molar-refractivity contribution in [2.24, 2.45) is 0 Å². The van der Waals surface area contributed by atoms with Crippen molar-refractivity contribution in [2.45, 2.75) is 6.42 Å². The van der Waals surface area contributed by atoms with Crippen LogP contribution in [0.15, 0.2) is 16.8 Å². The molecule has 0 unspecified atom stereocenters. The van der Waals surface area contributed by atoms with Crippen molar-refractivity contribution >= 4 is 39.9 Å². The molecule has 0 saturated heterocycles. The van der Waals surface area contributed by atoms with Gasteiger partial charge in [-0.2, -0.15) is 11.3 Å². The van der Waals surface area contributed by atoms with Gasteiger partial charge in [0.1, 0.15) is 4.61 Å². The van der Waals surface area contributed by atoms with Crippen LogP contribution in [-0.4, -0.2) is 10.6 Å². The molecular weight excluding hydrogens is 275 g/mol. The van der Waals surface area contributed by atoms with Crippen molar-refractivity contribution in [3.63, 3.8) is 0 Å². The predicted molar refractivity (Wildman–Crippen MR) is 53.0 cm³/mol. The Hall–Kier alpha value is -0.100. The molecule has 60 valence electrons. The number of carbonyl (C=O) groups excluding carboxylic acids is 1. The van der Waals surface area contributed by atoms with Crippen LogP contribution < -0.4 is 0 Å². The van der Waals surface area contributed by atoms with Gasteiger partial charge in [-0.1, -0.05) is 0 Å². The number of hydrogen-bond donors (Lipinski definition) is 0. The molecule has 0 N–H and O–H groups in total. The number of esters is 1. The fraction of sp³-hybridized carbons (Fsp3) is 0.286. The minimum Gasteiger partial charge on any atom is -0.455 e. The summed E-state index contributed by atoms with van der Waals surface area (Å²) < 4.78 is 5.20. The van der Waals surface area contributed by atoms with Crippen molar-refractivity contribution < 1.29 is 9.53 Å². The first-order valence-corrected chi connectivity index (χ1v) is 5.52. The van der Waals surface area contributed by atoms with Gasteiger partial charge >= 0.3 is 5.97 Å². The molecule has 0 fully saturated rings. The van der Waals surface area contributed by atoms with Crippen LogP contribution in [0.25, 0.3) is 0 Å². The molecule has 1 aromatic heterocycles. The molecule has 0 aliphatic heterocycles. The molecular formula is C7H7IO2S. The average Bonchev–Trinajstić information content (AvgIpc) is 2.40. The summed E-state index contributed by atoms with van der Waals surface area (Å²) in [4.78, 5) is 10.9. The van der Waals surface area contributed by atoms with E-state index in [-0.39, 0.29) is 5.97 Å². The van der Waals surface area contributed by atoms with Gasteiger partial charge in [-0.05, 0) is 45.0 Å². The van der Waals surface area contributed by atoms with E-state index in [0.29, 0.717) is 11.0 Å². The average molecular weight is 282 g/mol. The molecule has 0 amide bonds. The lowest BCUT2D eigenvalue weighted by Crippen LogP contribution is -2.05. The zero-order chi connectivity index (χ0) is 8.10. The third-order valence-electron chi connectivity index (χ3n) is 1.14. The van der Waals surface area contributed by atoms with Crippen LogP contribution >= 0.6 is 33.9 Å². The SMILES string of the molecule is O=C(Cc1ccsc1)OCI. The first kappa shape index (κ1) is 8.99. The molecule has 2 nitrogen and oxygen atoms in total. The van der Waals surface area contributed by atoms with Crippen molar-refractivity contribution in [2.75, 3.05) is 4.61 Å². The lowest BCUT2D eigenvalue weighted by Gasteiger charge is -1.97. The zero-order valence-corrected chi connectivity index (χ0v) is 8.72. The first-order chi connectivity index (χ1) is 5.33. The van der Waals surface area contributed by atoms with Crippen molar-refractivity contribution in [1.82, 2.24) is 0 Å². The van der Waals surface area contributed by atoms with Gasteiger partial charge in [0.2, 0.25) is 0 Å². The Bertz CT molecular complexity index is 220. The third kappa shape index (κ3) is 3.20. The number of carbonyl (C=O) groups is 1. The van der Waals surface area contributed by atoms with Gasteiger partial charge in [0.05, 0.1) is 6.42 Å². The first-order valence-electron chi connectivity index (χ1n) is 3.05. The van der Waals surface area contributed by atoms with Crippen molar-refractivity contribution in [1.29, 1.82) is 0 Å². The summed E-state index contributed by atoms with van der Waals surface area (Å²) >= 11 is 3.59. The van der Waals surface area contributed by atoms with E-state index in [2.05, 4.69) is 0 Å². The number of hydrogen-bond acceptors (Lipinski definition) is 3. The highest BCUT2D eigenvalue weighted by Crippen LogP contribution is 2.07. The second kappa shape index (κ2) is 4.71. The van der Waals surface area contributed by atoms with Crippen molar-refractivity contribution in [3.8, 4) is 0 Å². The van der Waals surface area contributed by atoms with Crippen LogP contribution in [0.2, 0.25) is 0 Å². The lowest BCUT2D eigenvalue weighted by atomic mass is 10.2. The van der Waals surface area contributed by atoms with Crippen LogP contribution in [0.5, 0.6) is 0 Å². The molecule has 4 heteroatoms. The highest BCUT2D eigenvalue weighted by atomic mass is 127. The maximum absolute atomic E-state index is 10.9. The van der Waals surface area contributed by atoms with Gasteiger partial charge in [-0.25, -0.2) is 0 Å². The van der Waals surface area contributed by atoms with E-state index in [1.165, 1.54) is 0 Å². The largest absolute Gasteiger partial charge is 0.455 e.